The van der Waals surface area contributed by atoms with Crippen LogP contribution in [0.25, 0.3) is 0 Å². The first-order valence-electron chi connectivity index (χ1n) is 3.72. The Hall–Kier alpha value is -0.850. The van der Waals surface area contributed by atoms with Crippen LogP contribution in [0.5, 0.6) is 0 Å². The highest BCUT2D eigenvalue weighted by Gasteiger charge is 2.17. The van der Waals surface area contributed by atoms with Crippen LogP contribution in [0.4, 0.5) is 5.13 Å². The Labute approximate surface area is 89.7 Å². The minimum atomic E-state index is -0.988. The molecule has 5 nitrogen and oxygen atoms in total. The molecule has 1 rings (SSSR count). The molecule has 0 aliphatic rings. The Balaban J connectivity index is 2.59. The molecule has 0 aliphatic carbocycles. The summed E-state index contributed by atoms with van der Waals surface area (Å²) in [6, 6.07) is -0.804. The molecule has 0 aliphatic heterocycles. The van der Waals surface area contributed by atoms with Crippen LogP contribution in [0.3, 0.4) is 0 Å². The van der Waals surface area contributed by atoms with E-state index in [9.17, 15) is 4.79 Å². The molecule has 0 aromatic carbocycles. The molecule has 0 saturated carbocycles. The van der Waals surface area contributed by atoms with Gasteiger partial charge in [-0.25, -0.2) is 9.78 Å². The molecule has 14 heavy (non-hydrogen) atoms. The second kappa shape index (κ2) is 5.14. The predicted octanol–water partition coefficient (Wildman–Crippen LogP) is 1.31. The molecule has 0 amide bonds. The average Bonchev–Trinajstić information content (AvgIpc) is 2.50. The number of rotatable bonds is 5. The van der Waals surface area contributed by atoms with E-state index in [1.54, 1.807) is 5.38 Å². The SMILES string of the molecule is COCC(Nc1nc(Cl)cs1)C(=O)O. The molecule has 1 unspecified atom stereocenters. The largest absolute Gasteiger partial charge is 0.480 e. The van der Waals surface area contributed by atoms with E-state index in [0.29, 0.717) is 10.3 Å². The smallest absolute Gasteiger partial charge is 0.328 e. The van der Waals surface area contributed by atoms with E-state index in [0.717, 1.165) is 0 Å². The van der Waals surface area contributed by atoms with Gasteiger partial charge in [0, 0.05) is 12.5 Å². The van der Waals surface area contributed by atoms with E-state index in [1.165, 1.54) is 18.4 Å². The molecule has 1 atom stereocenters. The van der Waals surface area contributed by atoms with Crippen LogP contribution in [0.1, 0.15) is 0 Å². The molecule has 0 spiro atoms. The molecular formula is C7H9ClN2O3S. The summed E-state index contributed by atoms with van der Waals surface area (Å²) in [5.41, 5.74) is 0. The number of aromatic nitrogens is 1. The molecule has 7 heteroatoms. The van der Waals surface area contributed by atoms with Crippen molar-refractivity contribution in [2.45, 2.75) is 6.04 Å². The van der Waals surface area contributed by atoms with E-state index in [1.807, 2.05) is 0 Å². The Morgan fingerprint density at radius 3 is 3.07 bits per heavy atom. The van der Waals surface area contributed by atoms with Gasteiger partial charge in [0.2, 0.25) is 0 Å². The number of anilines is 1. The van der Waals surface area contributed by atoms with E-state index in [2.05, 4.69) is 10.3 Å². The standard InChI is InChI=1S/C7H9ClN2O3S/c1-13-2-4(6(11)12)9-7-10-5(8)3-14-7/h3-4H,2H2,1H3,(H,9,10)(H,11,12). The molecule has 0 radical (unpaired) electrons. The summed E-state index contributed by atoms with van der Waals surface area (Å²) in [4.78, 5) is 14.6. The molecule has 1 aromatic heterocycles. The van der Waals surface area contributed by atoms with Crippen LogP contribution in [-0.4, -0.2) is 35.8 Å². The van der Waals surface area contributed by atoms with Crippen LogP contribution < -0.4 is 5.32 Å². The first-order chi connectivity index (χ1) is 6.63. The van der Waals surface area contributed by atoms with Gasteiger partial charge in [0.15, 0.2) is 5.13 Å². The average molecular weight is 237 g/mol. The minimum Gasteiger partial charge on any atom is -0.480 e. The summed E-state index contributed by atoms with van der Waals surface area (Å²) >= 11 is 6.83. The van der Waals surface area contributed by atoms with Gasteiger partial charge in [0.05, 0.1) is 6.61 Å². The molecule has 78 valence electrons. The fraction of sp³-hybridized carbons (Fsp3) is 0.429. The lowest BCUT2D eigenvalue weighted by Crippen LogP contribution is -2.33. The fourth-order valence-corrected chi connectivity index (χ4v) is 1.70. The highest BCUT2D eigenvalue weighted by molar-refractivity contribution is 7.14. The lowest BCUT2D eigenvalue weighted by Gasteiger charge is -2.11. The van der Waals surface area contributed by atoms with Gasteiger partial charge < -0.3 is 15.2 Å². The van der Waals surface area contributed by atoms with Crippen LogP contribution in [-0.2, 0) is 9.53 Å². The van der Waals surface area contributed by atoms with Gasteiger partial charge in [0.25, 0.3) is 0 Å². The van der Waals surface area contributed by atoms with Crippen molar-refractivity contribution < 1.29 is 14.6 Å². The maximum Gasteiger partial charge on any atom is 0.328 e. The van der Waals surface area contributed by atoms with E-state index in [4.69, 9.17) is 21.4 Å². The van der Waals surface area contributed by atoms with Crippen molar-refractivity contribution in [2.75, 3.05) is 19.0 Å². The Bertz CT molecular complexity index is 318. The summed E-state index contributed by atoms with van der Waals surface area (Å²) in [5.74, 6) is -0.988. The number of carboxylic acids is 1. The molecule has 0 fully saturated rings. The number of aliphatic carboxylic acids is 1. The van der Waals surface area contributed by atoms with E-state index in [-0.39, 0.29) is 6.61 Å². The topological polar surface area (TPSA) is 71.5 Å². The highest BCUT2D eigenvalue weighted by atomic mass is 35.5. The van der Waals surface area contributed by atoms with Crippen molar-refractivity contribution in [1.82, 2.24) is 4.98 Å². The molecule has 0 saturated heterocycles. The number of hydrogen-bond acceptors (Lipinski definition) is 5. The van der Waals surface area contributed by atoms with Crippen molar-refractivity contribution in [1.29, 1.82) is 0 Å². The Kier molecular flexibility index (Phi) is 4.12. The number of hydrogen-bond donors (Lipinski definition) is 2. The predicted molar refractivity (Wildman–Crippen MR) is 54.0 cm³/mol. The van der Waals surface area contributed by atoms with Gasteiger partial charge in [-0.15, -0.1) is 11.3 Å². The first-order valence-corrected chi connectivity index (χ1v) is 4.98. The minimum absolute atomic E-state index is 0.0759. The third-order valence-electron chi connectivity index (χ3n) is 1.41. The molecule has 2 N–H and O–H groups in total. The zero-order valence-corrected chi connectivity index (χ0v) is 8.93. The maximum absolute atomic E-state index is 10.7. The lowest BCUT2D eigenvalue weighted by molar-refractivity contribution is -0.139. The highest BCUT2D eigenvalue weighted by Crippen LogP contribution is 2.19. The van der Waals surface area contributed by atoms with Crippen molar-refractivity contribution in [3.63, 3.8) is 0 Å². The van der Waals surface area contributed by atoms with Gasteiger partial charge in [-0.05, 0) is 0 Å². The number of carboxylic acid groups (broad SMARTS) is 1. The van der Waals surface area contributed by atoms with Gasteiger partial charge in [-0.1, -0.05) is 11.6 Å². The van der Waals surface area contributed by atoms with Gasteiger partial charge >= 0.3 is 5.97 Å². The number of nitrogens with zero attached hydrogens (tertiary/aromatic N) is 1. The van der Waals surface area contributed by atoms with Crippen LogP contribution in [0, 0.1) is 0 Å². The lowest BCUT2D eigenvalue weighted by atomic mass is 10.3. The normalized spacial score (nSPS) is 12.4. The Morgan fingerprint density at radius 2 is 2.64 bits per heavy atom. The van der Waals surface area contributed by atoms with E-state index < -0.39 is 12.0 Å². The third-order valence-corrected chi connectivity index (χ3v) is 2.50. The van der Waals surface area contributed by atoms with Crippen LogP contribution in [0.2, 0.25) is 5.15 Å². The zero-order valence-electron chi connectivity index (χ0n) is 7.36. The second-order valence-electron chi connectivity index (χ2n) is 2.47. The Morgan fingerprint density at radius 1 is 1.93 bits per heavy atom. The first kappa shape index (κ1) is 11.2. The number of ether oxygens (including phenoxy) is 1. The zero-order chi connectivity index (χ0) is 10.6. The van der Waals surface area contributed by atoms with Crippen molar-refractivity contribution in [2.24, 2.45) is 0 Å². The quantitative estimate of drug-likeness (QED) is 0.807. The number of thiazole rings is 1. The number of methoxy groups -OCH3 is 1. The maximum atomic E-state index is 10.7. The van der Waals surface area contributed by atoms with Crippen molar-refractivity contribution >= 4 is 34.0 Å². The van der Waals surface area contributed by atoms with Crippen molar-refractivity contribution in [3.05, 3.63) is 10.5 Å². The number of halogens is 1. The van der Waals surface area contributed by atoms with Gasteiger partial charge in [-0.3, -0.25) is 0 Å². The molecule has 1 aromatic rings. The summed E-state index contributed by atoms with van der Waals surface area (Å²) < 4.78 is 4.74. The third kappa shape index (κ3) is 3.13. The van der Waals surface area contributed by atoms with Gasteiger partial charge in [0.1, 0.15) is 11.2 Å². The van der Waals surface area contributed by atoms with Crippen LogP contribution >= 0.6 is 22.9 Å². The molecule has 0 bridgehead atoms. The van der Waals surface area contributed by atoms with E-state index >= 15 is 0 Å². The monoisotopic (exact) mass is 236 g/mol. The number of carbonyl (C=O) groups is 1. The van der Waals surface area contributed by atoms with Gasteiger partial charge in [-0.2, -0.15) is 0 Å². The fourth-order valence-electron chi connectivity index (χ4n) is 0.811. The molecule has 1 heterocycles. The van der Waals surface area contributed by atoms with Crippen LogP contribution in [0.15, 0.2) is 5.38 Å². The number of nitrogens with one attached hydrogen (secondary N) is 1. The second-order valence-corrected chi connectivity index (χ2v) is 3.71. The summed E-state index contributed by atoms with van der Waals surface area (Å²) in [6.45, 7) is 0.0759. The summed E-state index contributed by atoms with van der Waals surface area (Å²) in [7, 11) is 1.44. The summed E-state index contributed by atoms with van der Waals surface area (Å²) in [6.07, 6.45) is 0. The molecular weight excluding hydrogens is 228 g/mol. The van der Waals surface area contributed by atoms with Crippen molar-refractivity contribution in [3.8, 4) is 0 Å². The summed E-state index contributed by atoms with van der Waals surface area (Å²) in [5, 5.41) is 13.9.